The lowest BCUT2D eigenvalue weighted by atomic mass is 10.2. The monoisotopic (exact) mass is 249 g/mol. The number of nitrogens with one attached hydrogen (secondary N) is 2. The lowest BCUT2D eigenvalue weighted by Gasteiger charge is -2.24. The summed E-state index contributed by atoms with van der Waals surface area (Å²) in [4.78, 5) is 12.8. The predicted octanol–water partition coefficient (Wildman–Crippen LogP) is 1.19. The van der Waals surface area contributed by atoms with Gasteiger partial charge in [-0.15, -0.1) is 0 Å². The Bertz CT molecular complexity index is 329. The van der Waals surface area contributed by atoms with E-state index in [1.54, 1.807) is 0 Å². The zero-order chi connectivity index (χ0) is 13.2. The Balaban J connectivity index is 2.40. The SMILES string of the molecule is CCCN(C)CC(NC=O)NCc1ccccc1. The van der Waals surface area contributed by atoms with Gasteiger partial charge in [-0.05, 0) is 25.6 Å². The normalized spacial score (nSPS) is 12.4. The van der Waals surface area contributed by atoms with Crippen molar-refractivity contribution < 1.29 is 4.79 Å². The van der Waals surface area contributed by atoms with Crippen molar-refractivity contribution in [3.05, 3.63) is 35.9 Å². The van der Waals surface area contributed by atoms with Gasteiger partial charge in [0.15, 0.2) is 0 Å². The molecule has 4 heteroatoms. The summed E-state index contributed by atoms with van der Waals surface area (Å²) in [5, 5.41) is 6.15. The minimum atomic E-state index is -0.0146. The second-order valence-electron chi connectivity index (χ2n) is 4.47. The lowest BCUT2D eigenvalue weighted by molar-refractivity contribution is -0.110. The van der Waals surface area contributed by atoms with E-state index in [0.29, 0.717) is 0 Å². The second-order valence-corrected chi connectivity index (χ2v) is 4.47. The van der Waals surface area contributed by atoms with E-state index >= 15 is 0 Å². The molecule has 1 rings (SSSR count). The molecule has 0 spiro atoms. The summed E-state index contributed by atoms with van der Waals surface area (Å²) in [6.07, 6.45) is 1.85. The van der Waals surface area contributed by atoms with E-state index in [-0.39, 0.29) is 6.17 Å². The third-order valence-electron chi connectivity index (χ3n) is 2.76. The minimum absolute atomic E-state index is 0.0146. The van der Waals surface area contributed by atoms with Crippen LogP contribution in [0.5, 0.6) is 0 Å². The third kappa shape index (κ3) is 5.80. The molecule has 0 aliphatic rings. The number of carbonyl (C=O) groups is 1. The zero-order valence-electron chi connectivity index (χ0n) is 11.2. The Morgan fingerprint density at radius 1 is 1.33 bits per heavy atom. The molecule has 1 amide bonds. The van der Waals surface area contributed by atoms with Crippen LogP contribution in [0.3, 0.4) is 0 Å². The Hall–Kier alpha value is -1.39. The molecule has 4 nitrogen and oxygen atoms in total. The number of benzene rings is 1. The highest BCUT2D eigenvalue weighted by molar-refractivity contribution is 5.46. The van der Waals surface area contributed by atoms with E-state index in [9.17, 15) is 4.79 Å². The molecular formula is C14H23N3O. The van der Waals surface area contributed by atoms with Crippen LogP contribution in [0.1, 0.15) is 18.9 Å². The summed E-state index contributed by atoms with van der Waals surface area (Å²) in [6.45, 7) is 4.74. The first kappa shape index (κ1) is 14.7. The Labute approximate surface area is 109 Å². The number of likely N-dealkylation sites (N-methyl/N-ethyl adjacent to an activating group) is 1. The average Bonchev–Trinajstić information content (AvgIpc) is 2.38. The van der Waals surface area contributed by atoms with Crippen LogP contribution < -0.4 is 10.6 Å². The highest BCUT2D eigenvalue weighted by atomic mass is 16.1. The molecule has 1 atom stereocenters. The van der Waals surface area contributed by atoms with Gasteiger partial charge >= 0.3 is 0 Å². The molecule has 0 radical (unpaired) electrons. The van der Waals surface area contributed by atoms with Crippen molar-refractivity contribution in [2.24, 2.45) is 0 Å². The van der Waals surface area contributed by atoms with Crippen LogP contribution in [-0.2, 0) is 11.3 Å². The van der Waals surface area contributed by atoms with Crippen molar-refractivity contribution in [2.45, 2.75) is 26.1 Å². The summed E-state index contributed by atoms with van der Waals surface area (Å²) in [6, 6.07) is 10.2. The van der Waals surface area contributed by atoms with E-state index in [4.69, 9.17) is 0 Å². The zero-order valence-corrected chi connectivity index (χ0v) is 11.2. The van der Waals surface area contributed by atoms with Gasteiger partial charge in [0, 0.05) is 13.1 Å². The summed E-state index contributed by atoms with van der Waals surface area (Å²) < 4.78 is 0. The first-order valence-corrected chi connectivity index (χ1v) is 6.41. The molecule has 0 saturated carbocycles. The Morgan fingerprint density at radius 3 is 2.67 bits per heavy atom. The maximum absolute atomic E-state index is 10.6. The van der Waals surface area contributed by atoms with Gasteiger partial charge in [-0.2, -0.15) is 0 Å². The van der Waals surface area contributed by atoms with Crippen molar-refractivity contribution >= 4 is 6.41 Å². The first-order valence-electron chi connectivity index (χ1n) is 6.41. The van der Waals surface area contributed by atoms with Crippen molar-refractivity contribution in [3.8, 4) is 0 Å². The minimum Gasteiger partial charge on any atom is -0.342 e. The molecule has 0 saturated heterocycles. The third-order valence-corrected chi connectivity index (χ3v) is 2.76. The van der Waals surface area contributed by atoms with Gasteiger partial charge in [-0.1, -0.05) is 37.3 Å². The number of carbonyl (C=O) groups excluding carboxylic acids is 1. The molecule has 0 fully saturated rings. The van der Waals surface area contributed by atoms with Gasteiger partial charge in [-0.25, -0.2) is 0 Å². The van der Waals surface area contributed by atoms with Gasteiger partial charge in [0.05, 0.1) is 6.17 Å². The van der Waals surface area contributed by atoms with Gasteiger partial charge in [0.25, 0.3) is 0 Å². The molecule has 2 N–H and O–H groups in total. The molecule has 0 aliphatic heterocycles. The molecule has 0 bridgehead atoms. The molecule has 0 aromatic heterocycles. The van der Waals surface area contributed by atoms with Gasteiger partial charge in [0.2, 0.25) is 6.41 Å². The lowest BCUT2D eigenvalue weighted by Crippen LogP contribution is -2.48. The maximum Gasteiger partial charge on any atom is 0.208 e. The largest absolute Gasteiger partial charge is 0.342 e. The van der Waals surface area contributed by atoms with Gasteiger partial charge in [-0.3, -0.25) is 10.1 Å². The fourth-order valence-corrected chi connectivity index (χ4v) is 1.88. The quantitative estimate of drug-likeness (QED) is 0.510. The van der Waals surface area contributed by atoms with Crippen molar-refractivity contribution in [1.82, 2.24) is 15.5 Å². The van der Waals surface area contributed by atoms with Crippen LogP contribution in [0, 0.1) is 0 Å². The van der Waals surface area contributed by atoms with E-state index in [0.717, 1.165) is 32.5 Å². The smallest absolute Gasteiger partial charge is 0.208 e. The Kier molecular flexibility index (Phi) is 7.06. The van der Waals surface area contributed by atoms with E-state index in [2.05, 4.69) is 41.6 Å². The van der Waals surface area contributed by atoms with Crippen molar-refractivity contribution in [2.75, 3.05) is 20.1 Å². The van der Waals surface area contributed by atoms with Crippen molar-refractivity contribution in [1.29, 1.82) is 0 Å². The molecule has 1 aromatic carbocycles. The fourth-order valence-electron chi connectivity index (χ4n) is 1.88. The fraction of sp³-hybridized carbons (Fsp3) is 0.500. The summed E-state index contributed by atoms with van der Waals surface area (Å²) in [5.74, 6) is 0. The van der Waals surface area contributed by atoms with E-state index < -0.39 is 0 Å². The molecular weight excluding hydrogens is 226 g/mol. The van der Waals surface area contributed by atoms with Crippen LogP contribution in [0.4, 0.5) is 0 Å². The van der Waals surface area contributed by atoms with Crippen LogP contribution in [-0.4, -0.2) is 37.6 Å². The number of hydrogen-bond acceptors (Lipinski definition) is 3. The van der Waals surface area contributed by atoms with Gasteiger partial charge < -0.3 is 10.2 Å². The Morgan fingerprint density at radius 2 is 2.06 bits per heavy atom. The molecule has 100 valence electrons. The highest BCUT2D eigenvalue weighted by Crippen LogP contribution is 1.98. The second kappa shape index (κ2) is 8.66. The van der Waals surface area contributed by atoms with Crippen LogP contribution >= 0.6 is 0 Å². The predicted molar refractivity (Wildman–Crippen MR) is 74.1 cm³/mol. The first-order chi connectivity index (χ1) is 8.76. The molecule has 0 heterocycles. The maximum atomic E-state index is 10.6. The average molecular weight is 249 g/mol. The number of amides is 1. The number of rotatable bonds is 9. The summed E-state index contributed by atoms with van der Waals surface area (Å²) >= 11 is 0. The standard InChI is InChI=1S/C14H23N3O/c1-3-9-17(2)11-14(16-12-18)15-10-13-7-5-4-6-8-13/h4-8,12,14-15H,3,9-11H2,1-2H3,(H,16,18). The number of nitrogens with zero attached hydrogens (tertiary/aromatic N) is 1. The topological polar surface area (TPSA) is 44.4 Å². The molecule has 1 unspecified atom stereocenters. The summed E-state index contributed by atoms with van der Waals surface area (Å²) in [5.41, 5.74) is 1.22. The van der Waals surface area contributed by atoms with E-state index in [1.807, 2.05) is 18.2 Å². The van der Waals surface area contributed by atoms with Crippen LogP contribution in [0.2, 0.25) is 0 Å². The van der Waals surface area contributed by atoms with Gasteiger partial charge in [0.1, 0.15) is 0 Å². The summed E-state index contributed by atoms with van der Waals surface area (Å²) in [7, 11) is 2.06. The molecule has 18 heavy (non-hydrogen) atoms. The van der Waals surface area contributed by atoms with Crippen LogP contribution in [0.15, 0.2) is 30.3 Å². The van der Waals surface area contributed by atoms with E-state index in [1.165, 1.54) is 5.56 Å². The van der Waals surface area contributed by atoms with Crippen LogP contribution in [0.25, 0.3) is 0 Å². The highest BCUT2D eigenvalue weighted by Gasteiger charge is 2.09. The molecule has 1 aromatic rings. The molecule has 0 aliphatic carbocycles. The van der Waals surface area contributed by atoms with Crippen molar-refractivity contribution in [3.63, 3.8) is 0 Å². The number of hydrogen-bond donors (Lipinski definition) is 2.